The van der Waals surface area contributed by atoms with Crippen LogP contribution in [0.4, 0.5) is 0 Å². The van der Waals surface area contributed by atoms with Crippen molar-refractivity contribution in [3.63, 3.8) is 0 Å². The molecule has 2 N–H and O–H groups in total. The molecule has 1 heterocycles. The van der Waals surface area contributed by atoms with Crippen LogP contribution in [0.5, 0.6) is 0 Å². The molecule has 1 unspecified atom stereocenters. The second-order valence-corrected chi connectivity index (χ2v) is 5.54. The van der Waals surface area contributed by atoms with Crippen molar-refractivity contribution >= 4 is 11.5 Å². The third-order valence-corrected chi connectivity index (χ3v) is 3.35. The molecule has 0 fully saturated rings. The number of aromatic nitrogens is 2. The van der Waals surface area contributed by atoms with Gasteiger partial charge in [0, 0.05) is 6.04 Å². The van der Waals surface area contributed by atoms with Gasteiger partial charge in [-0.1, -0.05) is 32.2 Å². The molecule has 0 amide bonds. The molecule has 86 valence electrons. The van der Waals surface area contributed by atoms with Gasteiger partial charge in [0.1, 0.15) is 0 Å². The Bertz CT molecular complexity index is 294. The molecule has 0 saturated carbocycles. The van der Waals surface area contributed by atoms with E-state index in [0.29, 0.717) is 11.8 Å². The van der Waals surface area contributed by atoms with Gasteiger partial charge in [0.15, 0.2) is 0 Å². The summed E-state index contributed by atoms with van der Waals surface area (Å²) >= 11 is 1.45. The van der Waals surface area contributed by atoms with Crippen molar-refractivity contribution in [3.05, 3.63) is 10.6 Å². The number of hydrogen-bond donors (Lipinski definition) is 1. The minimum Gasteiger partial charge on any atom is -0.323 e. The lowest BCUT2D eigenvalue weighted by Gasteiger charge is -2.13. The highest BCUT2D eigenvalue weighted by Crippen LogP contribution is 2.28. The summed E-state index contributed by atoms with van der Waals surface area (Å²) in [4.78, 5) is 1.17. The van der Waals surface area contributed by atoms with Crippen molar-refractivity contribution in [3.8, 4) is 0 Å². The molecule has 0 radical (unpaired) electrons. The van der Waals surface area contributed by atoms with Crippen LogP contribution in [0, 0.1) is 5.92 Å². The third-order valence-electron chi connectivity index (χ3n) is 2.48. The first-order valence-corrected chi connectivity index (χ1v) is 6.37. The number of nitrogens with two attached hydrogens (primary N) is 1. The Labute approximate surface area is 96.2 Å². The second kappa shape index (κ2) is 5.56. The lowest BCUT2D eigenvalue weighted by Crippen LogP contribution is -2.12. The minimum absolute atomic E-state index is 0.116. The summed E-state index contributed by atoms with van der Waals surface area (Å²) in [6.07, 6.45) is 2.19. The van der Waals surface area contributed by atoms with Crippen molar-refractivity contribution in [2.45, 2.75) is 52.5 Å². The topological polar surface area (TPSA) is 51.8 Å². The summed E-state index contributed by atoms with van der Waals surface area (Å²) in [5.74, 6) is 1.13. The molecule has 15 heavy (non-hydrogen) atoms. The smallest absolute Gasteiger partial charge is 0.0828 e. The minimum atomic E-state index is 0.116. The Kier molecular flexibility index (Phi) is 4.67. The standard InChI is InChI=1S/C11H21N3S/c1-7(2)5-6-9(12)11-10(8(3)4)13-14-15-11/h7-9H,5-6,12H2,1-4H3. The lowest BCUT2D eigenvalue weighted by atomic mass is 10.00. The summed E-state index contributed by atoms with van der Waals surface area (Å²) in [7, 11) is 0. The summed E-state index contributed by atoms with van der Waals surface area (Å²) in [6.45, 7) is 8.72. The highest BCUT2D eigenvalue weighted by atomic mass is 32.1. The third kappa shape index (κ3) is 3.54. The quantitative estimate of drug-likeness (QED) is 0.841. The van der Waals surface area contributed by atoms with Crippen LogP contribution in [-0.2, 0) is 0 Å². The van der Waals surface area contributed by atoms with Gasteiger partial charge in [0.2, 0.25) is 0 Å². The first-order chi connectivity index (χ1) is 7.02. The van der Waals surface area contributed by atoms with E-state index in [4.69, 9.17) is 5.73 Å². The van der Waals surface area contributed by atoms with Crippen LogP contribution in [-0.4, -0.2) is 9.59 Å². The van der Waals surface area contributed by atoms with Crippen LogP contribution >= 0.6 is 11.5 Å². The molecule has 0 spiro atoms. The van der Waals surface area contributed by atoms with E-state index in [0.717, 1.165) is 18.5 Å². The van der Waals surface area contributed by atoms with Crippen LogP contribution in [0.2, 0.25) is 0 Å². The van der Waals surface area contributed by atoms with Gasteiger partial charge in [-0.2, -0.15) is 0 Å². The van der Waals surface area contributed by atoms with Crippen molar-refractivity contribution in [2.24, 2.45) is 11.7 Å². The number of rotatable bonds is 5. The second-order valence-electron chi connectivity index (χ2n) is 4.75. The van der Waals surface area contributed by atoms with Gasteiger partial charge in [0.05, 0.1) is 10.6 Å². The Hall–Kier alpha value is -0.480. The predicted molar refractivity (Wildman–Crippen MR) is 65.0 cm³/mol. The van der Waals surface area contributed by atoms with Gasteiger partial charge in [0.25, 0.3) is 0 Å². The fraction of sp³-hybridized carbons (Fsp3) is 0.818. The van der Waals surface area contributed by atoms with Gasteiger partial charge >= 0.3 is 0 Å². The molecule has 1 aromatic heterocycles. The van der Waals surface area contributed by atoms with E-state index in [1.807, 2.05) is 0 Å². The molecule has 1 atom stereocenters. The summed E-state index contributed by atoms with van der Waals surface area (Å²) in [5, 5.41) is 4.15. The van der Waals surface area contributed by atoms with Crippen molar-refractivity contribution in [1.29, 1.82) is 0 Å². The average molecular weight is 227 g/mol. The SMILES string of the molecule is CC(C)CCC(N)c1snnc1C(C)C. The Morgan fingerprint density at radius 1 is 1.20 bits per heavy atom. The molecule has 0 aliphatic rings. The van der Waals surface area contributed by atoms with Crippen LogP contribution in [0.1, 0.15) is 63.1 Å². The first-order valence-electron chi connectivity index (χ1n) is 5.60. The van der Waals surface area contributed by atoms with Crippen LogP contribution in [0.25, 0.3) is 0 Å². The predicted octanol–water partition coefficient (Wildman–Crippen LogP) is 3.10. The number of nitrogens with zero attached hydrogens (tertiary/aromatic N) is 2. The zero-order chi connectivity index (χ0) is 11.4. The summed E-state index contributed by atoms with van der Waals surface area (Å²) in [5.41, 5.74) is 7.24. The highest BCUT2D eigenvalue weighted by Gasteiger charge is 2.17. The first kappa shape index (κ1) is 12.6. The van der Waals surface area contributed by atoms with E-state index < -0.39 is 0 Å². The van der Waals surface area contributed by atoms with Crippen molar-refractivity contribution in [1.82, 2.24) is 9.59 Å². The summed E-state index contributed by atoms with van der Waals surface area (Å²) < 4.78 is 4.00. The normalized spacial score (nSPS) is 13.8. The zero-order valence-electron chi connectivity index (χ0n) is 10.0. The van der Waals surface area contributed by atoms with Crippen molar-refractivity contribution in [2.75, 3.05) is 0 Å². The van der Waals surface area contributed by atoms with E-state index in [1.165, 1.54) is 16.4 Å². The largest absolute Gasteiger partial charge is 0.323 e. The number of hydrogen-bond acceptors (Lipinski definition) is 4. The fourth-order valence-electron chi connectivity index (χ4n) is 1.51. The van der Waals surface area contributed by atoms with E-state index in [2.05, 4.69) is 37.3 Å². The maximum Gasteiger partial charge on any atom is 0.0828 e. The highest BCUT2D eigenvalue weighted by molar-refractivity contribution is 7.05. The average Bonchev–Trinajstić information content (AvgIpc) is 2.62. The van der Waals surface area contributed by atoms with E-state index in [1.54, 1.807) is 0 Å². The van der Waals surface area contributed by atoms with Crippen LogP contribution < -0.4 is 5.73 Å². The van der Waals surface area contributed by atoms with Gasteiger partial charge < -0.3 is 5.73 Å². The maximum atomic E-state index is 6.16. The lowest BCUT2D eigenvalue weighted by molar-refractivity contribution is 0.507. The Morgan fingerprint density at radius 2 is 1.87 bits per heavy atom. The van der Waals surface area contributed by atoms with Crippen molar-refractivity contribution < 1.29 is 0 Å². The van der Waals surface area contributed by atoms with Crippen LogP contribution in [0.3, 0.4) is 0 Å². The van der Waals surface area contributed by atoms with E-state index in [9.17, 15) is 0 Å². The molecule has 0 aliphatic carbocycles. The molecular weight excluding hydrogens is 206 g/mol. The monoisotopic (exact) mass is 227 g/mol. The molecular formula is C11H21N3S. The maximum absolute atomic E-state index is 6.16. The molecule has 0 aromatic carbocycles. The Morgan fingerprint density at radius 3 is 2.40 bits per heavy atom. The molecule has 0 saturated heterocycles. The molecule has 0 bridgehead atoms. The van der Waals surface area contributed by atoms with Gasteiger partial charge in [-0.25, -0.2) is 0 Å². The van der Waals surface area contributed by atoms with Gasteiger partial charge in [-0.15, -0.1) is 5.10 Å². The Balaban J connectivity index is 2.64. The molecule has 0 aliphatic heterocycles. The van der Waals surface area contributed by atoms with E-state index >= 15 is 0 Å². The van der Waals surface area contributed by atoms with Crippen LogP contribution in [0.15, 0.2) is 0 Å². The zero-order valence-corrected chi connectivity index (χ0v) is 10.8. The molecule has 1 aromatic rings. The molecule has 4 heteroatoms. The van der Waals surface area contributed by atoms with E-state index in [-0.39, 0.29) is 6.04 Å². The summed E-state index contributed by atoms with van der Waals surface area (Å²) in [6, 6.07) is 0.116. The molecule has 1 rings (SSSR count). The van der Waals surface area contributed by atoms with Gasteiger partial charge in [-0.05, 0) is 36.2 Å². The van der Waals surface area contributed by atoms with Gasteiger partial charge in [-0.3, -0.25) is 0 Å². The fourth-order valence-corrected chi connectivity index (χ4v) is 2.35. The molecule has 3 nitrogen and oxygen atoms in total.